The highest BCUT2D eigenvalue weighted by atomic mass is 35.5. The van der Waals surface area contributed by atoms with Crippen molar-refractivity contribution >= 4 is 113 Å². The molecular formula is C79H108Cl2N6O21S2. The summed E-state index contributed by atoms with van der Waals surface area (Å²) >= 11 is 13.0. The Morgan fingerprint density at radius 3 is 1.36 bits per heavy atom. The molecule has 8 aliphatic rings. The van der Waals surface area contributed by atoms with Crippen LogP contribution in [0.1, 0.15) is 222 Å². The number of rotatable bonds is 19. The number of methoxy groups -OCH3 is 1. The highest BCUT2D eigenvalue weighted by molar-refractivity contribution is 7.85. The van der Waals surface area contributed by atoms with E-state index in [0.29, 0.717) is 120 Å². The zero-order valence-corrected chi connectivity index (χ0v) is 67.8. The number of amides is 3. The van der Waals surface area contributed by atoms with Gasteiger partial charge in [0, 0.05) is 60.4 Å². The Balaban J connectivity index is 0.000000213. The van der Waals surface area contributed by atoms with Crippen LogP contribution in [0.2, 0.25) is 10.0 Å². The number of ether oxygens (including phenoxy) is 7. The van der Waals surface area contributed by atoms with Crippen LogP contribution in [0, 0.1) is 34.5 Å². The van der Waals surface area contributed by atoms with Crippen molar-refractivity contribution in [1.82, 2.24) is 24.5 Å². The molecule has 4 saturated heterocycles. The SMILES string of the molecule is CCOc1cc(O[C@@H]2C[C@H]3C(=O)C[C@]4(C(=O)NS(=O)(=O)OC5CC5)C[C@H]4CCCCCCC[C@H](CC(=O)OC(C)(C)C)C(=O)N3C2)c2cccc(Cl)c2n1.CCOc1cc(O[C@@H]2C[C@H]3C(=O)C[C@]4(C(=O)OC)C[C@H]4CCCCCCC[C@H](CC(=O)OC(C)(C)C)C(=O)N3C2)c2cccc(Cl)c2n1.NS(=O)(=O)OC1CC1. The van der Waals surface area contributed by atoms with Crippen LogP contribution in [0.4, 0.5) is 0 Å². The number of aromatic nitrogens is 2. The number of esters is 3. The number of hydrogen-bond acceptors (Lipinski definition) is 23. The first-order valence-electron chi connectivity index (χ1n) is 38.9. The predicted molar refractivity (Wildman–Crippen MR) is 408 cm³/mol. The minimum absolute atomic E-state index is 0.00449. The van der Waals surface area contributed by atoms with E-state index >= 15 is 0 Å². The Bertz CT molecular complexity index is 4260. The van der Waals surface area contributed by atoms with Gasteiger partial charge in [-0.3, -0.25) is 46.7 Å². The number of carbonyl (C=O) groups excluding carboxylic acids is 8. The maximum absolute atomic E-state index is 14.6. The van der Waals surface area contributed by atoms with Crippen LogP contribution in [0.25, 0.3) is 21.8 Å². The summed E-state index contributed by atoms with van der Waals surface area (Å²) in [6.07, 6.45) is 13.3. The van der Waals surface area contributed by atoms with Gasteiger partial charge in [-0.1, -0.05) is 99.5 Å². The Hall–Kier alpha value is -7.02. The van der Waals surface area contributed by atoms with Gasteiger partial charge < -0.3 is 43.0 Å². The molecule has 0 spiro atoms. The van der Waals surface area contributed by atoms with Crippen LogP contribution in [0.15, 0.2) is 48.5 Å². The van der Waals surface area contributed by atoms with Gasteiger partial charge in [-0.25, -0.2) is 19.8 Å². The fourth-order valence-electron chi connectivity index (χ4n) is 15.7. The molecule has 4 aliphatic carbocycles. The minimum atomic E-state index is -4.36. The van der Waals surface area contributed by atoms with Gasteiger partial charge in [-0.15, -0.1) is 0 Å². The summed E-state index contributed by atoms with van der Waals surface area (Å²) in [6, 6.07) is 12.3. The molecule has 0 unspecified atom stereocenters. The molecule has 0 radical (unpaired) electrons. The monoisotopic (exact) mass is 1610 g/mol. The van der Waals surface area contributed by atoms with Crippen molar-refractivity contribution in [2.24, 2.45) is 39.6 Å². The fourth-order valence-corrected chi connectivity index (χ4v) is 17.7. The molecule has 2 aromatic heterocycles. The molecule has 0 bridgehead atoms. The highest BCUT2D eigenvalue weighted by Crippen LogP contribution is 2.60. The van der Waals surface area contributed by atoms with E-state index in [1.165, 1.54) is 12.0 Å². The average molecular weight is 1610 g/mol. The number of ketones is 2. The Morgan fingerprint density at radius 2 is 0.964 bits per heavy atom. The second-order valence-corrected chi connectivity index (χ2v) is 35.8. The first-order valence-corrected chi connectivity index (χ1v) is 42.6. The number of benzene rings is 2. The maximum Gasteiger partial charge on any atom is 0.362 e. The van der Waals surface area contributed by atoms with Gasteiger partial charge in [0.1, 0.15) is 34.9 Å². The number of nitrogens with two attached hydrogens (primary N) is 1. The van der Waals surface area contributed by atoms with E-state index in [2.05, 4.69) is 24.0 Å². The summed E-state index contributed by atoms with van der Waals surface area (Å²) in [5.41, 5.74) is -2.53. The molecule has 3 amide bonds. The second kappa shape index (κ2) is 36.4. The zero-order valence-electron chi connectivity index (χ0n) is 64.6. The molecule has 3 N–H and O–H groups in total. The number of pyridine rings is 2. The van der Waals surface area contributed by atoms with E-state index in [-0.39, 0.29) is 98.9 Å². The van der Waals surface area contributed by atoms with Crippen LogP contribution >= 0.6 is 23.2 Å². The maximum atomic E-state index is 14.6. The van der Waals surface area contributed by atoms with Gasteiger partial charge in [-0.2, -0.15) is 16.8 Å². The number of para-hydroxylation sites is 2. The van der Waals surface area contributed by atoms with E-state index < -0.39 is 103 Å². The Kier molecular flexibility index (Phi) is 28.3. The van der Waals surface area contributed by atoms with Crippen LogP contribution in [-0.2, 0) is 81.5 Å². The predicted octanol–water partition coefficient (Wildman–Crippen LogP) is 12.5. The molecule has 4 aromatic rings. The molecule has 27 nitrogen and oxygen atoms in total. The van der Waals surface area contributed by atoms with Crippen LogP contribution in [-0.4, -0.2) is 165 Å². The third-order valence-electron chi connectivity index (χ3n) is 21.3. The number of carbonyl (C=O) groups is 8. The van der Waals surface area contributed by atoms with Gasteiger partial charge in [0.15, 0.2) is 11.6 Å². The second-order valence-electron chi connectivity index (χ2n) is 32.5. The van der Waals surface area contributed by atoms with Crippen molar-refractivity contribution in [3.8, 4) is 23.3 Å². The molecule has 31 heteroatoms. The van der Waals surface area contributed by atoms with E-state index in [4.69, 9.17) is 60.5 Å². The van der Waals surface area contributed by atoms with Gasteiger partial charge in [0.05, 0.1) is 102 Å². The van der Waals surface area contributed by atoms with Gasteiger partial charge in [-0.05, 0) is 156 Å². The largest absolute Gasteiger partial charge is 0.488 e. The summed E-state index contributed by atoms with van der Waals surface area (Å²) in [4.78, 5) is 123. The number of fused-ring (bicyclic) bond motifs is 6. The van der Waals surface area contributed by atoms with Crippen LogP contribution < -0.4 is 28.8 Å². The summed E-state index contributed by atoms with van der Waals surface area (Å²) in [5.74, 6) is -3.15. The summed E-state index contributed by atoms with van der Waals surface area (Å²) in [5, 5.41) is 6.68. The molecule has 10 atom stereocenters. The first kappa shape index (κ1) is 85.4. The molecule has 110 heavy (non-hydrogen) atoms. The number of halogens is 2. The third kappa shape index (κ3) is 23.3. The lowest BCUT2D eigenvalue weighted by molar-refractivity contribution is -0.159. The van der Waals surface area contributed by atoms with Gasteiger partial charge >= 0.3 is 38.5 Å². The quantitative estimate of drug-likeness (QED) is 0.0650. The first-order chi connectivity index (χ1) is 52.0. The lowest BCUT2D eigenvalue weighted by Crippen LogP contribution is -2.46. The highest BCUT2D eigenvalue weighted by Gasteiger charge is 2.63. The van der Waals surface area contributed by atoms with Crippen molar-refractivity contribution in [3.05, 3.63) is 58.6 Å². The number of nitrogens with zero attached hydrogens (tertiary/aromatic N) is 4. The summed E-state index contributed by atoms with van der Waals surface area (Å²) in [7, 11) is -6.65. The average Bonchev–Trinajstić information content (AvgIpc) is 1.58. The normalized spacial score (nSPS) is 26.5. The number of nitrogens with one attached hydrogen (secondary N) is 1. The molecule has 12 rings (SSSR count). The lowest BCUT2D eigenvalue weighted by atomic mass is 9.90. The smallest absolute Gasteiger partial charge is 0.362 e. The molecule has 4 saturated carbocycles. The van der Waals surface area contributed by atoms with E-state index in [9.17, 15) is 55.2 Å². The van der Waals surface area contributed by atoms with Crippen LogP contribution in [0.3, 0.4) is 0 Å². The standard InChI is InChI=1S/C39H52ClN3O10S.C37H49ClN2O8.C3H7NO3S/c1-5-50-33-20-32(28-14-11-15-29(40)35(28)41-33)51-27-19-30-31(44)22-39(37(47)42-54(48,49)53-26-16-17-26)21-25(39)13-10-8-6-7-9-12-24(36(46)43(30)23-27)18-34(45)52-38(2,3)4;1-6-46-31-19-30(26-15-12-16-27(38)33(26)39-31)47-25-18-28-29(41)21-37(35(44)45-5)20-24(37)14-11-9-7-8-10-13-23(34(43)40(28)22-25)17-32(42)48-36(2,3)4;4-8(5,6)7-3-1-2-3/h11,14-15,20,24-27,30H,5-10,12-13,16-19,21-23H2,1-4H3,(H,42,47);12,15-16,19,23-25,28H,6-11,13-14,17-18,20-22H2,1-5H3;3H,1-2H2,(H2,4,5,6)/t24-,25-,27-,30+,39-;23-,24-,25-,28+,37-;/m11./s1. The molecule has 8 fully saturated rings. The van der Waals surface area contributed by atoms with E-state index in [1.54, 1.807) is 76.8 Å². The molecule has 6 heterocycles. The van der Waals surface area contributed by atoms with Crippen molar-refractivity contribution in [2.45, 2.75) is 270 Å². The summed E-state index contributed by atoms with van der Waals surface area (Å²) in [6.45, 7) is 15.3. The van der Waals surface area contributed by atoms with Crippen molar-refractivity contribution < 1.29 is 96.7 Å². The Morgan fingerprint density at radius 1 is 0.564 bits per heavy atom. The lowest BCUT2D eigenvalue weighted by Gasteiger charge is -2.29. The molecular weight excluding hydrogens is 1500 g/mol. The van der Waals surface area contributed by atoms with Crippen molar-refractivity contribution in [2.75, 3.05) is 33.4 Å². The third-order valence-corrected chi connectivity index (χ3v) is 23.4. The van der Waals surface area contributed by atoms with E-state index in [1.807, 2.05) is 32.0 Å². The van der Waals surface area contributed by atoms with Crippen LogP contribution in [0.5, 0.6) is 23.3 Å². The molecule has 606 valence electrons. The number of Topliss-reactive ketones (excluding diaryl/α,β-unsaturated/α-hetero) is 2. The number of hydrogen-bond donors (Lipinski definition) is 2. The molecule has 4 aliphatic heterocycles. The van der Waals surface area contributed by atoms with Crippen molar-refractivity contribution in [1.29, 1.82) is 0 Å². The van der Waals surface area contributed by atoms with E-state index in [0.717, 1.165) is 77.0 Å². The van der Waals surface area contributed by atoms with Gasteiger partial charge in [0.2, 0.25) is 29.5 Å². The summed E-state index contributed by atoms with van der Waals surface area (Å²) < 4.78 is 98.1. The minimum Gasteiger partial charge on any atom is -0.488 e. The Labute approximate surface area is 655 Å². The fraction of sp³-hybridized carbons (Fsp3) is 0.671. The zero-order chi connectivity index (χ0) is 79.7. The van der Waals surface area contributed by atoms with Crippen molar-refractivity contribution in [3.63, 3.8) is 0 Å². The van der Waals surface area contributed by atoms with Gasteiger partial charge in [0.25, 0.3) is 0 Å². The molecule has 2 aromatic carbocycles. The topological polar surface area (TPSA) is 358 Å².